The van der Waals surface area contributed by atoms with E-state index in [1.165, 1.54) is 5.39 Å². The van der Waals surface area contributed by atoms with Crippen LogP contribution in [0, 0.1) is 0 Å². The van der Waals surface area contributed by atoms with E-state index in [4.69, 9.17) is 0 Å². The molecule has 17 heavy (non-hydrogen) atoms. The molecule has 0 atom stereocenters. The number of hydrogen-bond acceptors (Lipinski definition) is 1. The van der Waals surface area contributed by atoms with Crippen molar-refractivity contribution in [1.82, 2.24) is 9.47 Å². The van der Waals surface area contributed by atoms with Crippen LogP contribution in [0.5, 0.6) is 0 Å². The Kier molecular flexibility index (Phi) is 3.52. The maximum absolute atomic E-state index is 11.5. The number of hydrogen-bond donors (Lipinski definition) is 0. The van der Waals surface area contributed by atoms with Crippen LogP contribution >= 0.6 is 15.9 Å². The lowest BCUT2D eigenvalue weighted by Crippen LogP contribution is -2.22. The molecule has 2 aromatic rings. The van der Waals surface area contributed by atoms with Gasteiger partial charge in [0.05, 0.1) is 0 Å². The molecule has 4 heteroatoms. The summed E-state index contributed by atoms with van der Waals surface area (Å²) in [6.07, 6.45) is 2.56. The van der Waals surface area contributed by atoms with Gasteiger partial charge in [0.15, 0.2) is 0 Å². The van der Waals surface area contributed by atoms with Gasteiger partial charge in [-0.1, -0.05) is 22.0 Å². The van der Waals surface area contributed by atoms with Crippen LogP contribution in [0.25, 0.3) is 10.9 Å². The molecule has 1 amide bonds. The fraction of sp³-hybridized carbons (Fsp3) is 0.308. The van der Waals surface area contributed by atoms with E-state index in [1.54, 1.807) is 19.0 Å². The minimum atomic E-state index is 0.154. The first kappa shape index (κ1) is 12.2. The fourth-order valence-electron chi connectivity index (χ4n) is 1.82. The largest absolute Gasteiger partial charge is 0.349 e. The van der Waals surface area contributed by atoms with E-state index in [9.17, 15) is 4.79 Å². The summed E-state index contributed by atoms with van der Waals surface area (Å²) in [5.74, 6) is 0.154. The van der Waals surface area contributed by atoms with Gasteiger partial charge in [0.25, 0.3) is 0 Å². The van der Waals surface area contributed by atoms with Crippen molar-refractivity contribution >= 4 is 32.7 Å². The van der Waals surface area contributed by atoms with E-state index in [0.717, 1.165) is 16.5 Å². The van der Waals surface area contributed by atoms with Gasteiger partial charge in [0, 0.05) is 48.6 Å². The van der Waals surface area contributed by atoms with Crippen LogP contribution in [-0.2, 0) is 11.3 Å². The number of fused-ring (bicyclic) bond motifs is 1. The summed E-state index contributed by atoms with van der Waals surface area (Å²) in [6.45, 7) is 0.719. The Morgan fingerprint density at radius 2 is 2.12 bits per heavy atom. The summed E-state index contributed by atoms with van der Waals surface area (Å²) in [7, 11) is 3.57. The van der Waals surface area contributed by atoms with Crippen LogP contribution in [0.1, 0.15) is 6.42 Å². The molecular formula is C13H15BrN2O. The highest BCUT2D eigenvalue weighted by atomic mass is 79.9. The van der Waals surface area contributed by atoms with E-state index in [1.807, 2.05) is 18.3 Å². The molecule has 3 nitrogen and oxygen atoms in total. The SMILES string of the molecule is CN(C)C(=O)CCn1ccc2c(Br)cccc21. The van der Waals surface area contributed by atoms with Gasteiger partial charge in [0.2, 0.25) is 5.91 Å². The van der Waals surface area contributed by atoms with Gasteiger partial charge in [-0.05, 0) is 18.2 Å². The summed E-state index contributed by atoms with van der Waals surface area (Å²) >= 11 is 3.52. The number of aryl methyl sites for hydroxylation is 1. The summed E-state index contributed by atoms with van der Waals surface area (Å²) < 4.78 is 3.20. The molecule has 1 aromatic heterocycles. The molecule has 0 fully saturated rings. The molecule has 90 valence electrons. The number of benzene rings is 1. The predicted molar refractivity (Wildman–Crippen MR) is 72.9 cm³/mol. The van der Waals surface area contributed by atoms with E-state index < -0.39 is 0 Å². The lowest BCUT2D eigenvalue weighted by molar-refractivity contribution is -0.128. The van der Waals surface area contributed by atoms with Gasteiger partial charge < -0.3 is 9.47 Å². The van der Waals surface area contributed by atoms with Crippen molar-refractivity contribution in [2.24, 2.45) is 0 Å². The summed E-state index contributed by atoms with van der Waals surface area (Å²) in [5.41, 5.74) is 1.16. The van der Waals surface area contributed by atoms with Gasteiger partial charge in [-0.2, -0.15) is 0 Å². The minimum absolute atomic E-state index is 0.154. The molecule has 0 spiro atoms. The summed E-state index contributed by atoms with van der Waals surface area (Å²) in [6, 6.07) is 8.17. The summed E-state index contributed by atoms with van der Waals surface area (Å²) in [5, 5.41) is 1.19. The van der Waals surface area contributed by atoms with Crippen LogP contribution in [0.4, 0.5) is 0 Å². The third-order valence-electron chi connectivity index (χ3n) is 2.83. The van der Waals surface area contributed by atoms with Gasteiger partial charge >= 0.3 is 0 Å². The molecular weight excluding hydrogens is 280 g/mol. The number of nitrogens with zero attached hydrogens (tertiary/aromatic N) is 2. The third kappa shape index (κ3) is 2.52. The van der Waals surface area contributed by atoms with Gasteiger partial charge in [-0.15, -0.1) is 0 Å². The molecule has 0 bridgehead atoms. The molecule has 0 aliphatic rings. The Hall–Kier alpha value is -1.29. The molecule has 1 heterocycles. The first-order chi connectivity index (χ1) is 8.09. The molecule has 0 unspecified atom stereocenters. The van der Waals surface area contributed by atoms with Crippen molar-refractivity contribution in [3.63, 3.8) is 0 Å². The van der Waals surface area contributed by atoms with E-state index >= 15 is 0 Å². The number of carbonyl (C=O) groups excluding carboxylic acids is 1. The van der Waals surface area contributed by atoms with Crippen LogP contribution in [-0.4, -0.2) is 29.5 Å². The monoisotopic (exact) mass is 294 g/mol. The lowest BCUT2D eigenvalue weighted by atomic mass is 10.2. The standard InChI is InChI=1S/C13H15BrN2O/c1-15(2)13(17)7-9-16-8-6-10-11(14)4-3-5-12(10)16/h3-6,8H,7,9H2,1-2H3. The fourth-order valence-corrected chi connectivity index (χ4v) is 2.31. The molecule has 0 radical (unpaired) electrons. The van der Waals surface area contributed by atoms with Crippen molar-refractivity contribution in [1.29, 1.82) is 0 Å². The Balaban J connectivity index is 2.20. The molecule has 0 saturated heterocycles. The second-order valence-electron chi connectivity index (χ2n) is 4.22. The van der Waals surface area contributed by atoms with Crippen molar-refractivity contribution in [2.75, 3.05) is 14.1 Å². The molecule has 2 rings (SSSR count). The highest BCUT2D eigenvalue weighted by Gasteiger charge is 2.07. The van der Waals surface area contributed by atoms with Crippen LogP contribution in [0.3, 0.4) is 0 Å². The Morgan fingerprint density at radius 3 is 2.82 bits per heavy atom. The zero-order chi connectivity index (χ0) is 12.4. The van der Waals surface area contributed by atoms with Crippen molar-refractivity contribution in [2.45, 2.75) is 13.0 Å². The highest BCUT2D eigenvalue weighted by molar-refractivity contribution is 9.10. The molecule has 0 aliphatic heterocycles. The van der Waals surface area contributed by atoms with E-state index in [0.29, 0.717) is 6.42 Å². The van der Waals surface area contributed by atoms with Crippen molar-refractivity contribution in [3.8, 4) is 0 Å². The Labute approximate surface area is 109 Å². The normalized spacial score (nSPS) is 10.8. The zero-order valence-electron chi connectivity index (χ0n) is 9.98. The first-order valence-electron chi connectivity index (χ1n) is 5.53. The lowest BCUT2D eigenvalue weighted by Gasteiger charge is -2.11. The van der Waals surface area contributed by atoms with Crippen molar-refractivity contribution in [3.05, 3.63) is 34.9 Å². The molecule has 1 aromatic carbocycles. The minimum Gasteiger partial charge on any atom is -0.349 e. The average Bonchev–Trinajstić information content (AvgIpc) is 2.70. The molecule has 0 saturated carbocycles. The smallest absolute Gasteiger partial charge is 0.223 e. The first-order valence-corrected chi connectivity index (χ1v) is 6.32. The third-order valence-corrected chi connectivity index (χ3v) is 3.52. The molecule has 0 aliphatic carbocycles. The summed E-state index contributed by atoms with van der Waals surface area (Å²) in [4.78, 5) is 13.2. The second kappa shape index (κ2) is 4.92. The van der Waals surface area contributed by atoms with E-state index in [-0.39, 0.29) is 5.91 Å². The van der Waals surface area contributed by atoms with Gasteiger partial charge in [-0.25, -0.2) is 0 Å². The maximum atomic E-state index is 11.5. The number of aromatic nitrogens is 1. The van der Waals surface area contributed by atoms with Crippen molar-refractivity contribution < 1.29 is 4.79 Å². The average molecular weight is 295 g/mol. The maximum Gasteiger partial charge on any atom is 0.223 e. The second-order valence-corrected chi connectivity index (χ2v) is 5.07. The topological polar surface area (TPSA) is 25.2 Å². The predicted octanol–water partition coefficient (Wildman–Crippen LogP) is 2.88. The number of carbonyl (C=O) groups is 1. The number of amides is 1. The van der Waals surface area contributed by atoms with E-state index in [2.05, 4.69) is 32.6 Å². The zero-order valence-corrected chi connectivity index (χ0v) is 11.6. The quantitative estimate of drug-likeness (QED) is 0.854. The van der Waals surface area contributed by atoms with Crippen LogP contribution < -0.4 is 0 Å². The van der Waals surface area contributed by atoms with Crippen LogP contribution in [0.15, 0.2) is 34.9 Å². The molecule has 0 N–H and O–H groups in total. The van der Waals surface area contributed by atoms with Gasteiger partial charge in [-0.3, -0.25) is 4.79 Å². The van der Waals surface area contributed by atoms with Gasteiger partial charge in [0.1, 0.15) is 0 Å². The Morgan fingerprint density at radius 1 is 1.35 bits per heavy atom. The number of halogens is 1. The highest BCUT2D eigenvalue weighted by Crippen LogP contribution is 2.24. The van der Waals surface area contributed by atoms with Crippen LogP contribution in [0.2, 0.25) is 0 Å². The Bertz CT molecular complexity index is 545. The number of rotatable bonds is 3.